The summed E-state index contributed by atoms with van der Waals surface area (Å²) in [4.78, 5) is 3.68. The minimum absolute atomic E-state index is 0.0275. The Bertz CT molecular complexity index is 368. The second kappa shape index (κ2) is 7.34. The Labute approximate surface area is 126 Å². The molecule has 0 aromatic carbocycles. The second-order valence-corrected chi connectivity index (χ2v) is 6.01. The second-order valence-electron chi connectivity index (χ2n) is 6.01. The van der Waals surface area contributed by atoms with E-state index in [9.17, 15) is 13.2 Å². The molecule has 0 aromatic rings. The zero-order valence-corrected chi connectivity index (χ0v) is 13.3. The van der Waals surface area contributed by atoms with Crippen LogP contribution in [0.4, 0.5) is 13.2 Å². The number of likely N-dealkylation sites (N-methyl/N-ethyl adjacent to an activating group) is 1. The van der Waals surface area contributed by atoms with Gasteiger partial charge < -0.3 is 4.90 Å². The maximum atomic E-state index is 12.4. The SMILES string of the molecule is C=C(C)C(=C)N(CC)C1CCC(N(C)CC(F)(F)F)CC1. The molecule has 0 aromatic heterocycles. The average Bonchev–Trinajstić information content (AvgIpc) is 2.38. The van der Waals surface area contributed by atoms with E-state index in [1.807, 2.05) is 6.92 Å². The van der Waals surface area contributed by atoms with E-state index in [1.165, 1.54) is 4.90 Å². The van der Waals surface area contributed by atoms with E-state index in [0.717, 1.165) is 43.5 Å². The molecule has 1 aliphatic carbocycles. The fraction of sp³-hybridized carbons (Fsp3) is 0.750. The van der Waals surface area contributed by atoms with Gasteiger partial charge in [0.25, 0.3) is 0 Å². The summed E-state index contributed by atoms with van der Waals surface area (Å²) in [5.41, 5.74) is 1.90. The summed E-state index contributed by atoms with van der Waals surface area (Å²) in [7, 11) is 1.57. The van der Waals surface area contributed by atoms with Gasteiger partial charge in [0.1, 0.15) is 0 Å². The number of allylic oxidation sites excluding steroid dienone is 1. The summed E-state index contributed by atoms with van der Waals surface area (Å²) in [5, 5.41) is 0. The Morgan fingerprint density at radius 3 is 1.95 bits per heavy atom. The van der Waals surface area contributed by atoms with Crippen molar-refractivity contribution < 1.29 is 13.2 Å². The standard InChI is InChI=1S/C16H27F3N2/c1-6-21(13(4)12(2)3)15-9-7-14(8-10-15)20(5)11-16(17,18)19/h14-15H,2,4,6-11H2,1,3,5H3. The summed E-state index contributed by atoms with van der Waals surface area (Å²) in [6, 6.07) is 0.398. The quantitative estimate of drug-likeness (QED) is 0.678. The molecule has 0 aliphatic heterocycles. The van der Waals surface area contributed by atoms with Crippen molar-refractivity contribution in [2.45, 2.75) is 57.8 Å². The van der Waals surface area contributed by atoms with Crippen molar-refractivity contribution in [3.63, 3.8) is 0 Å². The molecule has 1 fully saturated rings. The van der Waals surface area contributed by atoms with Gasteiger partial charge in [-0.15, -0.1) is 0 Å². The van der Waals surface area contributed by atoms with Crippen LogP contribution in [0.2, 0.25) is 0 Å². The first-order valence-corrected chi connectivity index (χ1v) is 7.54. The number of nitrogens with zero attached hydrogens (tertiary/aromatic N) is 2. The molecular formula is C16H27F3N2. The maximum Gasteiger partial charge on any atom is 0.401 e. The first-order valence-electron chi connectivity index (χ1n) is 7.54. The topological polar surface area (TPSA) is 6.48 Å². The van der Waals surface area contributed by atoms with Gasteiger partial charge >= 0.3 is 6.18 Å². The molecule has 0 bridgehead atoms. The van der Waals surface area contributed by atoms with Crippen LogP contribution in [0.1, 0.15) is 39.5 Å². The van der Waals surface area contributed by atoms with Crippen LogP contribution in [0.25, 0.3) is 0 Å². The predicted octanol–water partition coefficient (Wildman–Crippen LogP) is 4.20. The van der Waals surface area contributed by atoms with E-state index in [0.29, 0.717) is 6.04 Å². The molecule has 0 amide bonds. The molecule has 0 atom stereocenters. The van der Waals surface area contributed by atoms with E-state index >= 15 is 0 Å². The highest BCUT2D eigenvalue weighted by atomic mass is 19.4. The average molecular weight is 304 g/mol. The van der Waals surface area contributed by atoms with Gasteiger partial charge in [-0.3, -0.25) is 4.90 Å². The predicted molar refractivity (Wildman–Crippen MR) is 81.1 cm³/mol. The molecule has 1 saturated carbocycles. The van der Waals surface area contributed by atoms with E-state index in [1.54, 1.807) is 7.05 Å². The third-order valence-corrected chi connectivity index (χ3v) is 4.34. The maximum absolute atomic E-state index is 12.4. The van der Waals surface area contributed by atoms with E-state index in [4.69, 9.17) is 0 Å². The van der Waals surface area contributed by atoms with Crippen LogP contribution in [-0.4, -0.2) is 48.2 Å². The third-order valence-electron chi connectivity index (χ3n) is 4.34. The van der Waals surface area contributed by atoms with Crippen molar-refractivity contribution in [1.82, 2.24) is 9.80 Å². The lowest BCUT2D eigenvalue weighted by Gasteiger charge is -2.41. The highest BCUT2D eigenvalue weighted by Crippen LogP contribution is 2.30. The molecule has 0 radical (unpaired) electrons. The minimum atomic E-state index is -4.12. The molecule has 21 heavy (non-hydrogen) atoms. The van der Waals surface area contributed by atoms with Gasteiger partial charge in [0, 0.05) is 24.3 Å². The number of halogens is 3. The lowest BCUT2D eigenvalue weighted by Crippen LogP contribution is -2.45. The number of rotatable bonds is 6. The van der Waals surface area contributed by atoms with Gasteiger partial charge in [-0.2, -0.15) is 13.2 Å². The monoisotopic (exact) mass is 304 g/mol. The summed E-state index contributed by atoms with van der Waals surface area (Å²) in [6.07, 6.45) is -0.691. The van der Waals surface area contributed by atoms with Crippen LogP contribution in [0.5, 0.6) is 0 Å². The summed E-state index contributed by atoms with van der Waals surface area (Å²) < 4.78 is 37.3. The molecule has 5 heteroatoms. The molecule has 2 nitrogen and oxygen atoms in total. The molecule has 0 N–H and O–H groups in total. The van der Waals surface area contributed by atoms with Crippen molar-refractivity contribution >= 4 is 0 Å². The molecule has 1 aliphatic rings. The van der Waals surface area contributed by atoms with Crippen molar-refractivity contribution in [1.29, 1.82) is 0 Å². The Morgan fingerprint density at radius 1 is 1.10 bits per heavy atom. The fourth-order valence-electron chi connectivity index (χ4n) is 3.14. The lowest BCUT2D eigenvalue weighted by molar-refractivity contribution is -0.148. The molecule has 1 rings (SSSR count). The smallest absolute Gasteiger partial charge is 0.369 e. The number of hydrogen-bond acceptors (Lipinski definition) is 2. The zero-order chi connectivity index (χ0) is 16.2. The Morgan fingerprint density at radius 2 is 1.57 bits per heavy atom. The van der Waals surface area contributed by atoms with Gasteiger partial charge in [0.05, 0.1) is 6.54 Å². The van der Waals surface area contributed by atoms with Crippen LogP contribution < -0.4 is 0 Å². The van der Waals surface area contributed by atoms with Crippen molar-refractivity contribution in [2.75, 3.05) is 20.1 Å². The third kappa shape index (κ3) is 5.38. The van der Waals surface area contributed by atoms with E-state index in [2.05, 4.69) is 25.0 Å². The molecule has 0 unspecified atom stereocenters. The highest BCUT2D eigenvalue weighted by Gasteiger charge is 2.34. The van der Waals surface area contributed by atoms with Gasteiger partial charge in [-0.1, -0.05) is 13.2 Å². The number of alkyl halides is 3. The van der Waals surface area contributed by atoms with Crippen LogP contribution in [0.3, 0.4) is 0 Å². The van der Waals surface area contributed by atoms with Gasteiger partial charge in [0.2, 0.25) is 0 Å². The zero-order valence-electron chi connectivity index (χ0n) is 13.3. The lowest BCUT2D eigenvalue weighted by atomic mass is 9.89. The minimum Gasteiger partial charge on any atom is -0.369 e. The largest absolute Gasteiger partial charge is 0.401 e. The Hall–Kier alpha value is -0.970. The van der Waals surface area contributed by atoms with E-state index < -0.39 is 12.7 Å². The molecule has 0 saturated heterocycles. The first kappa shape index (κ1) is 18.1. The first-order chi connectivity index (χ1) is 9.65. The van der Waals surface area contributed by atoms with Crippen molar-refractivity contribution in [3.05, 3.63) is 24.4 Å². The van der Waals surface area contributed by atoms with Gasteiger partial charge in [-0.25, -0.2) is 0 Å². The Kier molecular flexibility index (Phi) is 6.32. The molecular weight excluding hydrogens is 277 g/mol. The highest BCUT2D eigenvalue weighted by molar-refractivity contribution is 5.22. The van der Waals surface area contributed by atoms with Crippen LogP contribution in [0.15, 0.2) is 24.4 Å². The summed E-state index contributed by atoms with van der Waals surface area (Å²) >= 11 is 0. The van der Waals surface area contributed by atoms with Crippen LogP contribution in [-0.2, 0) is 0 Å². The van der Waals surface area contributed by atoms with Gasteiger partial charge in [0.15, 0.2) is 0 Å². The molecule has 122 valence electrons. The number of hydrogen-bond donors (Lipinski definition) is 0. The van der Waals surface area contributed by atoms with Crippen LogP contribution in [0, 0.1) is 0 Å². The summed E-state index contributed by atoms with van der Waals surface area (Å²) in [6.45, 7) is 12.1. The molecule has 0 spiro atoms. The normalized spacial score (nSPS) is 23.2. The van der Waals surface area contributed by atoms with E-state index in [-0.39, 0.29) is 6.04 Å². The summed E-state index contributed by atoms with van der Waals surface area (Å²) in [5.74, 6) is 0. The Balaban J connectivity index is 2.54. The van der Waals surface area contributed by atoms with Crippen molar-refractivity contribution in [3.8, 4) is 0 Å². The van der Waals surface area contributed by atoms with Crippen LogP contribution >= 0.6 is 0 Å². The van der Waals surface area contributed by atoms with Crippen molar-refractivity contribution in [2.24, 2.45) is 0 Å². The fourth-order valence-corrected chi connectivity index (χ4v) is 3.14. The molecule has 0 heterocycles. The van der Waals surface area contributed by atoms with Gasteiger partial charge in [-0.05, 0) is 52.2 Å².